The Morgan fingerprint density at radius 1 is 1.12 bits per heavy atom. The molecule has 3 aromatic carbocycles. The zero-order chi connectivity index (χ0) is 22.7. The van der Waals surface area contributed by atoms with Gasteiger partial charge in [0.05, 0.1) is 35.1 Å². The number of benzene rings is 3. The molecule has 32 heavy (non-hydrogen) atoms. The zero-order valence-electron chi connectivity index (χ0n) is 17.5. The van der Waals surface area contributed by atoms with Crippen LogP contribution in [-0.2, 0) is 4.79 Å². The molecule has 1 aromatic heterocycles. The number of para-hydroxylation sites is 1. The number of rotatable bonds is 6. The molecule has 162 valence electrons. The lowest BCUT2D eigenvalue weighted by Crippen LogP contribution is -2.23. The number of halogens is 1. The Kier molecular flexibility index (Phi) is 6.48. The minimum atomic E-state index is -0.270. The molecular weight excluding hydrogens is 446 g/mol. The highest BCUT2D eigenvalue weighted by molar-refractivity contribution is 7.99. The second kappa shape index (κ2) is 9.46. The molecule has 0 aliphatic rings. The molecule has 0 spiro atoms. The van der Waals surface area contributed by atoms with Crippen LogP contribution in [0, 0.1) is 6.92 Å². The number of hydrogen-bond donors (Lipinski definition) is 1. The fraction of sp³-hybridized carbons (Fsp3) is 0.125. The van der Waals surface area contributed by atoms with Gasteiger partial charge in [0.25, 0.3) is 5.56 Å². The number of aryl methyl sites for hydroxylation is 1. The Hall–Kier alpha value is -3.29. The van der Waals surface area contributed by atoms with Crippen LogP contribution in [0.4, 0.5) is 5.69 Å². The van der Waals surface area contributed by atoms with Crippen molar-refractivity contribution in [3.63, 3.8) is 0 Å². The number of hydrogen-bond acceptors (Lipinski definition) is 5. The van der Waals surface area contributed by atoms with Crippen molar-refractivity contribution in [3.8, 4) is 11.4 Å². The highest BCUT2D eigenvalue weighted by atomic mass is 35.5. The van der Waals surface area contributed by atoms with Crippen molar-refractivity contribution in [1.29, 1.82) is 0 Å². The third-order valence-corrected chi connectivity index (χ3v) is 5.98. The van der Waals surface area contributed by atoms with Gasteiger partial charge in [-0.1, -0.05) is 53.2 Å². The molecule has 0 fully saturated rings. The summed E-state index contributed by atoms with van der Waals surface area (Å²) in [5, 5.41) is 4.25. The van der Waals surface area contributed by atoms with Gasteiger partial charge in [0.2, 0.25) is 5.91 Å². The summed E-state index contributed by atoms with van der Waals surface area (Å²) in [6.45, 7) is 1.98. The number of aromatic nitrogens is 2. The summed E-state index contributed by atoms with van der Waals surface area (Å²) in [5.41, 5.74) is 2.66. The number of thioether (sulfide) groups is 1. The van der Waals surface area contributed by atoms with Gasteiger partial charge < -0.3 is 10.1 Å². The molecule has 0 saturated carbocycles. The van der Waals surface area contributed by atoms with Gasteiger partial charge in [0.1, 0.15) is 5.75 Å². The Labute approximate surface area is 194 Å². The number of methoxy groups -OCH3 is 1. The highest BCUT2D eigenvalue weighted by Crippen LogP contribution is 2.28. The smallest absolute Gasteiger partial charge is 0.266 e. The van der Waals surface area contributed by atoms with Gasteiger partial charge in [-0.3, -0.25) is 14.2 Å². The van der Waals surface area contributed by atoms with Gasteiger partial charge >= 0.3 is 0 Å². The molecule has 0 saturated heterocycles. The standard InChI is InChI=1S/C24H20ClN3O3S/c1-15-7-10-17(11-8-15)28-23(30)18-5-3-4-6-19(18)27-24(28)32-14-22(29)26-20-13-16(25)9-12-21(20)31-2/h3-13H,14H2,1-2H3,(H,26,29). The molecule has 0 atom stereocenters. The predicted molar refractivity (Wildman–Crippen MR) is 129 cm³/mol. The molecule has 4 aromatic rings. The van der Waals surface area contributed by atoms with E-state index in [0.717, 1.165) is 5.56 Å². The van der Waals surface area contributed by atoms with Gasteiger partial charge in [0.15, 0.2) is 5.16 Å². The van der Waals surface area contributed by atoms with Crippen molar-refractivity contribution in [3.05, 3.63) is 87.7 Å². The number of nitrogens with one attached hydrogen (secondary N) is 1. The number of fused-ring (bicyclic) bond motifs is 1. The third kappa shape index (κ3) is 4.64. The molecule has 0 bridgehead atoms. The summed E-state index contributed by atoms with van der Waals surface area (Å²) >= 11 is 7.23. The third-order valence-electron chi connectivity index (χ3n) is 4.81. The maximum Gasteiger partial charge on any atom is 0.266 e. The summed E-state index contributed by atoms with van der Waals surface area (Å²) in [5.74, 6) is 0.285. The molecule has 1 heterocycles. The van der Waals surface area contributed by atoms with E-state index < -0.39 is 0 Å². The first-order chi connectivity index (χ1) is 15.5. The normalized spacial score (nSPS) is 10.8. The molecule has 1 N–H and O–H groups in total. The lowest BCUT2D eigenvalue weighted by atomic mass is 10.2. The fourth-order valence-electron chi connectivity index (χ4n) is 3.22. The van der Waals surface area contributed by atoms with Crippen LogP contribution in [0.2, 0.25) is 5.02 Å². The van der Waals surface area contributed by atoms with Gasteiger partial charge in [-0.25, -0.2) is 4.98 Å². The maximum atomic E-state index is 13.3. The van der Waals surface area contributed by atoms with Gasteiger partial charge in [0, 0.05) is 5.02 Å². The van der Waals surface area contributed by atoms with Crippen LogP contribution in [0.1, 0.15) is 5.56 Å². The summed E-state index contributed by atoms with van der Waals surface area (Å²) < 4.78 is 6.82. The van der Waals surface area contributed by atoms with Crippen LogP contribution in [0.25, 0.3) is 16.6 Å². The van der Waals surface area contributed by atoms with E-state index in [4.69, 9.17) is 16.3 Å². The van der Waals surface area contributed by atoms with E-state index >= 15 is 0 Å². The average molecular weight is 466 g/mol. The molecular formula is C24H20ClN3O3S. The second-order valence-corrected chi connectivity index (χ2v) is 8.45. The molecule has 0 unspecified atom stereocenters. The highest BCUT2D eigenvalue weighted by Gasteiger charge is 2.16. The van der Waals surface area contributed by atoms with E-state index in [0.29, 0.717) is 38.2 Å². The van der Waals surface area contributed by atoms with Crippen LogP contribution in [0.3, 0.4) is 0 Å². The fourth-order valence-corrected chi connectivity index (χ4v) is 4.21. The van der Waals surface area contributed by atoms with Crippen molar-refractivity contribution in [2.24, 2.45) is 0 Å². The summed E-state index contributed by atoms with van der Waals surface area (Å²) in [4.78, 5) is 30.6. The lowest BCUT2D eigenvalue weighted by Gasteiger charge is -2.14. The molecule has 6 nitrogen and oxygen atoms in total. The number of ether oxygens (including phenoxy) is 1. The monoisotopic (exact) mass is 465 g/mol. The Balaban J connectivity index is 1.66. The van der Waals surface area contributed by atoms with Crippen LogP contribution in [0.5, 0.6) is 5.75 Å². The zero-order valence-corrected chi connectivity index (χ0v) is 19.0. The quantitative estimate of drug-likeness (QED) is 0.317. The van der Waals surface area contributed by atoms with Crippen molar-refractivity contribution in [2.45, 2.75) is 12.1 Å². The molecule has 0 aliphatic carbocycles. The molecule has 1 amide bonds. The predicted octanol–water partition coefficient (Wildman–Crippen LogP) is 5.09. The van der Waals surface area contributed by atoms with E-state index in [-0.39, 0.29) is 17.2 Å². The summed E-state index contributed by atoms with van der Waals surface area (Å²) in [6.07, 6.45) is 0. The van der Waals surface area contributed by atoms with Gasteiger partial charge in [-0.2, -0.15) is 0 Å². The maximum absolute atomic E-state index is 13.3. The van der Waals surface area contributed by atoms with Crippen LogP contribution < -0.4 is 15.6 Å². The van der Waals surface area contributed by atoms with Crippen LogP contribution in [0.15, 0.2) is 76.7 Å². The first-order valence-electron chi connectivity index (χ1n) is 9.81. The van der Waals surface area contributed by atoms with Crippen molar-refractivity contribution >= 4 is 45.9 Å². The minimum Gasteiger partial charge on any atom is -0.495 e. The topological polar surface area (TPSA) is 73.2 Å². The molecule has 4 rings (SSSR count). The van der Waals surface area contributed by atoms with E-state index in [2.05, 4.69) is 10.3 Å². The van der Waals surface area contributed by atoms with Crippen LogP contribution >= 0.6 is 23.4 Å². The van der Waals surface area contributed by atoms with E-state index in [1.165, 1.54) is 18.9 Å². The van der Waals surface area contributed by atoms with E-state index in [1.807, 2.05) is 43.3 Å². The average Bonchev–Trinajstić information content (AvgIpc) is 2.79. The van der Waals surface area contributed by atoms with E-state index in [9.17, 15) is 9.59 Å². The molecule has 0 radical (unpaired) electrons. The molecule has 0 aliphatic heterocycles. The lowest BCUT2D eigenvalue weighted by molar-refractivity contribution is -0.113. The number of carbonyl (C=O) groups excluding carboxylic acids is 1. The van der Waals surface area contributed by atoms with Crippen molar-refractivity contribution in [1.82, 2.24) is 9.55 Å². The minimum absolute atomic E-state index is 0.0479. The van der Waals surface area contributed by atoms with Crippen LogP contribution in [-0.4, -0.2) is 28.3 Å². The number of anilines is 1. The molecule has 8 heteroatoms. The summed E-state index contributed by atoms with van der Waals surface area (Å²) in [6, 6.07) is 19.8. The number of carbonyl (C=O) groups is 1. The van der Waals surface area contributed by atoms with Crippen molar-refractivity contribution < 1.29 is 9.53 Å². The van der Waals surface area contributed by atoms with Crippen molar-refractivity contribution in [2.75, 3.05) is 18.2 Å². The first-order valence-corrected chi connectivity index (χ1v) is 11.2. The second-order valence-electron chi connectivity index (χ2n) is 7.07. The van der Waals surface area contributed by atoms with E-state index in [1.54, 1.807) is 34.9 Å². The number of nitrogens with zero attached hydrogens (tertiary/aromatic N) is 2. The SMILES string of the molecule is COc1ccc(Cl)cc1NC(=O)CSc1nc2ccccc2c(=O)n1-c1ccc(C)cc1. The largest absolute Gasteiger partial charge is 0.495 e. The first kappa shape index (κ1) is 21.9. The Morgan fingerprint density at radius 2 is 1.88 bits per heavy atom. The number of amides is 1. The van der Waals surface area contributed by atoms with Gasteiger partial charge in [-0.15, -0.1) is 0 Å². The Bertz CT molecular complexity index is 1350. The van der Waals surface area contributed by atoms with Gasteiger partial charge in [-0.05, 0) is 49.4 Å². The summed E-state index contributed by atoms with van der Waals surface area (Å²) in [7, 11) is 1.52. The Morgan fingerprint density at radius 3 is 2.62 bits per heavy atom.